The van der Waals surface area contributed by atoms with E-state index < -0.39 is 0 Å². The zero-order valence-corrected chi connectivity index (χ0v) is 9.09. The number of hydrogen-bond acceptors (Lipinski definition) is 1. The first kappa shape index (κ1) is 9.16. The lowest BCUT2D eigenvalue weighted by Gasteiger charge is -1.93. The number of aryl methyl sites for hydroxylation is 1. The number of fused-ring (bicyclic) bond motifs is 1. The topological polar surface area (TPSA) is 17.3 Å². The molecule has 2 heterocycles. The van der Waals surface area contributed by atoms with Crippen LogP contribution in [0.1, 0.15) is 5.56 Å². The van der Waals surface area contributed by atoms with Crippen molar-refractivity contribution in [1.82, 2.24) is 9.61 Å². The van der Waals surface area contributed by atoms with E-state index in [2.05, 4.69) is 42.4 Å². The molecule has 2 aromatic heterocycles. The third kappa shape index (κ3) is 1.48. The van der Waals surface area contributed by atoms with E-state index in [-0.39, 0.29) is 0 Å². The van der Waals surface area contributed by atoms with Crippen LogP contribution in [0.3, 0.4) is 0 Å². The molecule has 3 aromatic rings. The number of aromatic nitrogens is 2. The zero-order chi connectivity index (χ0) is 11.0. The summed E-state index contributed by atoms with van der Waals surface area (Å²) >= 11 is 0. The normalized spacial score (nSPS) is 10.8. The number of pyridine rings is 1. The molecule has 2 heteroatoms. The van der Waals surface area contributed by atoms with Crippen LogP contribution in [0.5, 0.6) is 0 Å². The summed E-state index contributed by atoms with van der Waals surface area (Å²) in [4.78, 5) is 0. The lowest BCUT2D eigenvalue weighted by molar-refractivity contribution is 0.962. The van der Waals surface area contributed by atoms with Gasteiger partial charge in [0.05, 0.1) is 11.2 Å². The van der Waals surface area contributed by atoms with Gasteiger partial charge in [-0.1, -0.05) is 30.3 Å². The van der Waals surface area contributed by atoms with Crippen LogP contribution in [-0.4, -0.2) is 9.61 Å². The summed E-state index contributed by atoms with van der Waals surface area (Å²) in [6.07, 6.45) is 2.00. The van der Waals surface area contributed by atoms with Gasteiger partial charge in [0, 0.05) is 11.8 Å². The molecule has 78 valence electrons. The Bertz CT molecular complexity index is 624. The van der Waals surface area contributed by atoms with Crippen LogP contribution in [0, 0.1) is 6.92 Å². The average Bonchev–Trinajstić information content (AvgIpc) is 2.73. The van der Waals surface area contributed by atoms with Crippen molar-refractivity contribution in [1.29, 1.82) is 0 Å². The Kier molecular flexibility index (Phi) is 2.00. The fourth-order valence-corrected chi connectivity index (χ4v) is 1.86. The molecule has 0 aliphatic carbocycles. The molecule has 0 saturated heterocycles. The maximum Gasteiger partial charge on any atom is 0.0933 e. The molecule has 0 aliphatic rings. The molecule has 0 fully saturated rings. The van der Waals surface area contributed by atoms with E-state index in [0.717, 1.165) is 16.8 Å². The van der Waals surface area contributed by atoms with Crippen molar-refractivity contribution in [3.05, 3.63) is 60.3 Å². The molecule has 0 spiro atoms. The monoisotopic (exact) mass is 208 g/mol. The summed E-state index contributed by atoms with van der Waals surface area (Å²) < 4.78 is 1.91. The van der Waals surface area contributed by atoms with Gasteiger partial charge in [0.25, 0.3) is 0 Å². The van der Waals surface area contributed by atoms with Crippen molar-refractivity contribution in [3.63, 3.8) is 0 Å². The molecule has 0 aliphatic heterocycles. The predicted molar refractivity (Wildman–Crippen MR) is 65.4 cm³/mol. The van der Waals surface area contributed by atoms with Gasteiger partial charge in [0.2, 0.25) is 0 Å². The Morgan fingerprint density at radius 2 is 1.81 bits per heavy atom. The molecule has 16 heavy (non-hydrogen) atoms. The Balaban J connectivity index is 2.19. The van der Waals surface area contributed by atoms with E-state index in [9.17, 15) is 0 Å². The van der Waals surface area contributed by atoms with Crippen LogP contribution in [-0.2, 0) is 0 Å². The van der Waals surface area contributed by atoms with E-state index in [1.54, 1.807) is 0 Å². The summed E-state index contributed by atoms with van der Waals surface area (Å²) in [5.41, 5.74) is 4.57. The van der Waals surface area contributed by atoms with Crippen molar-refractivity contribution in [2.24, 2.45) is 0 Å². The average molecular weight is 208 g/mol. The van der Waals surface area contributed by atoms with Crippen molar-refractivity contribution in [2.75, 3.05) is 0 Å². The van der Waals surface area contributed by atoms with Gasteiger partial charge in [-0.2, -0.15) is 5.10 Å². The Hall–Kier alpha value is -2.09. The molecule has 3 rings (SSSR count). The number of rotatable bonds is 1. The molecular weight excluding hydrogens is 196 g/mol. The van der Waals surface area contributed by atoms with Crippen LogP contribution in [0.15, 0.2) is 54.7 Å². The maximum absolute atomic E-state index is 4.54. The summed E-state index contributed by atoms with van der Waals surface area (Å²) in [6, 6.07) is 16.6. The van der Waals surface area contributed by atoms with Crippen LogP contribution < -0.4 is 0 Å². The number of benzene rings is 1. The van der Waals surface area contributed by atoms with Gasteiger partial charge < -0.3 is 0 Å². The number of hydrogen-bond donors (Lipinski definition) is 0. The molecule has 0 saturated carbocycles. The molecule has 0 radical (unpaired) electrons. The molecule has 0 N–H and O–H groups in total. The second kappa shape index (κ2) is 3.49. The zero-order valence-electron chi connectivity index (χ0n) is 9.09. The summed E-state index contributed by atoms with van der Waals surface area (Å²) in [7, 11) is 0. The highest BCUT2D eigenvalue weighted by molar-refractivity contribution is 5.66. The lowest BCUT2D eigenvalue weighted by atomic mass is 10.1. The fraction of sp³-hybridized carbons (Fsp3) is 0.0714. The maximum atomic E-state index is 4.54. The first-order valence-corrected chi connectivity index (χ1v) is 5.34. The van der Waals surface area contributed by atoms with Gasteiger partial charge in [-0.3, -0.25) is 0 Å². The quantitative estimate of drug-likeness (QED) is 0.599. The molecule has 1 aromatic carbocycles. The van der Waals surface area contributed by atoms with Gasteiger partial charge in [0.15, 0.2) is 0 Å². The Morgan fingerprint density at radius 3 is 2.62 bits per heavy atom. The molecular formula is C14H12N2. The minimum atomic E-state index is 1.02. The first-order chi connectivity index (χ1) is 7.83. The van der Waals surface area contributed by atoms with Crippen LogP contribution in [0.25, 0.3) is 16.8 Å². The highest BCUT2D eigenvalue weighted by Gasteiger charge is 2.03. The van der Waals surface area contributed by atoms with Crippen molar-refractivity contribution in [2.45, 2.75) is 6.92 Å². The Morgan fingerprint density at radius 1 is 1.00 bits per heavy atom. The standard InChI is InChI=1S/C14H12N2/c1-11-7-8-16-13(9-11)10-14(15-16)12-5-3-2-4-6-12/h2-10H,1H3. The SMILES string of the molecule is Cc1ccn2nc(-c3ccccc3)cc2c1. The van der Waals surface area contributed by atoms with Gasteiger partial charge in [0.1, 0.15) is 0 Å². The first-order valence-electron chi connectivity index (χ1n) is 5.34. The summed E-state index contributed by atoms with van der Waals surface area (Å²) in [5, 5.41) is 4.54. The highest BCUT2D eigenvalue weighted by atomic mass is 15.2. The van der Waals surface area contributed by atoms with Gasteiger partial charge in [-0.15, -0.1) is 0 Å². The van der Waals surface area contributed by atoms with E-state index in [1.807, 2.05) is 28.9 Å². The minimum absolute atomic E-state index is 1.02. The van der Waals surface area contributed by atoms with Crippen molar-refractivity contribution in [3.8, 4) is 11.3 Å². The second-order valence-corrected chi connectivity index (χ2v) is 3.97. The smallest absolute Gasteiger partial charge is 0.0933 e. The van der Waals surface area contributed by atoms with Gasteiger partial charge >= 0.3 is 0 Å². The number of nitrogens with zero attached hydrogens (tertiary/aromatic N) is 2. The lowest BCUT2D eigenvalue weighted by Crippen LogP contribution is -1.86. The molecule has 0 amide bonds. The second-order valence-electron chi connectivity index (χ2n) is 3.97. The van der Waals surface area contributed by atoms with E-state index in [0.29, 0.717) is 0 Å². The van der Waals surface area contributed by atoms with Crippen LogP contribution in [0.2, 0.25) is 0 Å². The van der Waals surface area contributed by atoms with E-state index in [1.165, 1.54) is 5.56 Å². The molecule has 0 bridgehead atoms. The minimum Gasteiger partial charge on any atom is -0.240 e. The summed E-state index contributed by atoms with van der Waals surface area (Å²) in [5.74, 6) is 0. The van der Waals surface area contributed by atoms with Gasteiger partial charge in [-0.25, -0.2) is 4.52 Å². The summed E-state index contributed by atoms with van der Waals surface area (Å²) in [6.45, 7) is 2.09. The van der Waals surface area contributed by atoms with E-state index in [4.69, 9.17) is 0 Å². The van der Waals surface area contributed by atoms with Crippen LogP contribution in [0.4, 0.5) is 0 Å². The largest absolute Gasteiger partial charge is 0.240 e. The van der Waals surface area contributed by atoms with E-state index >= 15 is 0 Å². The third-order valence-corrected chi connectivity index (χ3v) is 2.69. The van der Waals surface area contributed by atoms with Crippen LogP contribution >= 0.6 is 0 Å². The third-order valence-electron chi connectivity index (χ3n) is 2.69. The fourth-order valence-electron chi connectivity index (χ4n) is 1.86. The highest BCUT2D eigenvalue weighted by Crippen LogP contribution is 2.19. The Labute approximate surface area is 94.2 Å². The van der Waals surface area contributed by atoms with Crippen molar-refractivity contribution < 1.29 is 0 Å². The molecule has 2 nitrogen and oxygen atoms in total. The predicted octanol–water partition coefficient (Wildman–Crippen LogP) is 3.31. The van der Waals surface area contributed by atoms with Crippen molar-refractivity contribution >= 4 is 5.52 Å². The molecule has 0 unspecified atom stereocenters. The van der Waals surface area contributed by atoms with Gasteiger partial charge in [-0.05, 0) is 30.7 Å². The molecule has 0 atom stereocenters.